The van der Waals surface area contributed by atoms with Crippen LogP contribution < -0.4 is 9.62 Å². The molecule has 3 aromatic carbocycles. The minimum Gasteiger partial charge on any atom is -0.354 e. The summed E-state index contributed by atoms with van der Waals surface area (Å²) < 4.78 is 29.6. The van der Waals surface area contributed by atoms with Crippen molar-refractivity contribution in [2.75, 3.05) is 17.4 Å². The predicted molar refractivity (Wildman–Crippen MR) is 159 cm³/mol. The van der Waals surface area contributed by atoms with Crippen LogP contribution in [0.5, 0.6) is 0 Å². The highest BCUT2D eigenvalue weighted by molar-refractivity contribution is 9.10. The first kappa shape index (κ1) is 30.4. The molecule has 9 heteroatoms. The monoisotopic (exact) mass is 613 g/mol. The fourth-order valence-corrected chi connectivity index (χ4v) is 5.97. The average Bonchev–Trinajstić information content (AvgIpc) is 2.91. The summed E-state index contributed by atoms with van der Waals surface area (Å²) in [7, 11) is -4.10. The van der Waals surface area contributed by atoms with Gasteiger partial charge in [0.05, 0.1) is 10.6 Å². The van der Waals surface area contributed by atoms with E-state index in [0.29, 0.717) is 23.1 Å². The number of benzene rings is 3. The smallest absolute Gasteiger partial charge is 0.264 e. The van der Waals surface area contributed by atoms with E-state index in [9.17, 15) is 18.0 Å². The van der Waals surface area contributed by atoms with Crippen molar-refractivity contribution in [3.8, 4) is 0 Å². The lowest BCUT2D eigenvalue weighted by atomic mass is 10.1. The molecular formula is C30H36BrN3O4S. The van der Waals surface area contributed by atoms with Crippen LogP contribution in [0.25, 0.3) is 0 Å². The first-order valence-corrected chi connectivity index (χ1v) is 15.3. The molecule has 0 unspecified atom stereocenters. The van der Waals surface area contributed by atoms with E-state index in [0.717, 1.165) is 27.4 Å². The van der Waals surface area contributed by atoms with Crippen LogP contribution >= 0.6 is 15.9 Å². The van der Waals surface area contributed by atoms with Crippen molar-refractivity contribution in [2.45, 2.75) is 58.0 Å². The van der Waals surface area contributed by atoms with Gasteiger partial charge in [0.1, 0.15) is 12.6 Å². The molecule has 3 aromatic rings. The Morgan fingerprint density at radius 1 is 0.923 bits per heavy atom. The summed E-state index contributed by atoms with van der Waals surface area (Å²) in [6.45, 7) is 7.87. The van der Waals surface area contributed by atoms with Gasteiger partial charge in [0.15, 0.2) is 0 Å². The standard InChI is InChI=1S/C30H36BrN3O4S/c1-5-18-32-30(36)28(6-2)33(20-24-14-10-22(3)11-15-24)29(35)21-34(26-9-7-8-25(31)19-26)39(37,38)27-16-12-23(4)13-17-27/h7-17,19,28H,5-6,18,20-21H2,1-4H3,(H,32,36)/t28-/m0/s1. The second-order valence-corrected chi connectivity index (χ2v) is 12.3. The maximum Gasteiger partial charge on any atom is 0.264 e. The summed E-state index contributed by atoms with van der Waals surface area (Å²) in [6.07, 6.45) is 1.15. The van der Waals surface area contributed by atoms with E-state index in [4.69, 9.17) is 0 Å². The number of carbonyl (C=O) groups is 2. The first-order chi connectivity index (χ1) is 18.6. The van der Waals surface area contributed by atoms with Gasteiger partial charge >= 0.3 is 0 Å². The first-order valence-electron chi connectivity index (χ1n) is 13.0. The van der Waals surface area contributed by atoms with Crippen LogP contribution in [0.4, 0.5) is 5.69 Å². The Labute approximate surface area is 240 Å². The lowest BCUT2D eigenvalue weighted by Crippen LogP contribution is -2.52. The van der Waals surface area contributed by atoms with Gasteiger partial charge in [0.2, 0.25) is 11.8 Å². The van der Waals surface area contributed by atoms with Crippen LogP contribution in [0.1, 0.15) is 43.4 Å². The van der Waals surface area contributed by atoms with Crippen molar-refractivity contribution < 1.29 is 18.0 Å². The Morgan fingerprint density at radius 2 is 1.54 bits per heavy atom. The van der Waals surface area contributed by atoms with Gasteiger partial charge in [0, 0.05) is 17.6 Å². The molecule has 0 aromatic heterocycles. The van der Waals surface area contributed by atoms with Crippen LogP contribution in [0.3, 0.4) is 0 Å². The molecule has 1 atom stereocenters. The largest absolute Gasteiger partial charge is 0.354 e. The summed E-state index contributed by atoms with van der Waals surface area (Å²) in [5.74, 6) is -0.722. The molecule has 208 valence electrons. The van der Waals surface area contributed by atoms with Crippen LogP contribution in [0.2, 0.25) is 0 Å². The molecule has 0 bridgehead atoms. The number of amides is 2. The van der Waals surface area contributed by atoms with Gasteiger partial charge < -0.3 is 10.2 Å². The molecule has 0 heterocycles. The number of hydrogen-bond acceptors (Lipinski definition) is 4. The van der Waals surface area contributed by atoms with Crippen LogP contribution in [-0.2, 0) is 26.2 Å². The average molecular weight is 615 g/mol. The Hall–Kier alpha value is -3.17. The van der Waals surface area contributed by atoms with E-state index in [-0.39, 0.29) is 17.3 Å². The molecule has 0 spiro atoms. The molecule has 7 nitrogen and oxygen atoms in total. The van der Waals surface area contributed by atoms with E-state index >= 15 is 0 Å². The second-order valence-electron chi connectivity index (χ2n) is 9.53. The Balaban J connectivity index is 2.04. The molecule has 0 aliphatic heterocycles. The van der Waals surface area contributed by atoms with E-state index in [1.165, 1.54) is 17.0 Å². The molecule has 0 aliphatic carbocycles. The topological polar surface area (TPSA) is 86.8 Å². The second kappa shape index (κ2) is 13.8. The third-order valence-corrected chi connectivity index (χ3v) is 8.67. The van der Waals surface area contributed by atoms with Gasteiger partial charge in [0.25, 0.3) is 10.0 Å². The number of carbonyl (C=O) groups excluding carboxylic acids is 2. The predicted octanol–water partition coefficient (Wildman–Crippen LogP) is 5.59. The van der Waals surface area contributed by atoms with Gasteiger partial charge in [-0.1, -0.05) is 83.4 Å². The minimum absolute atomic E-state index is 0.0821. The zero-order chi connectivity index (χ0) is 28.6. The summed E-state index contributed by atoms with van der Waals surface area (Å²) in [4.78, 5) is 28.7. The highest BCUT2D eigenvalue weighted by atomic mass is 79.9. The normalized spacial score (nSPS) is 12.0. The van der Waals surface area contributed by atoms with E-state index in [1.807, 2.05) is 52.0 Å². The minimum atomic E-state index is -4.10. The van der Waals surface area contributed by atoms with E-state index in [1.54, 1.807) is 36.4 Å². The van der Waals surface area contributed by atoms with Gasteiger partial charge in [-0.05, 0) is 62.6 Å². The lowest BCUT2D eigenvalue weighted by molar-refractivity contribution is -0.140. The number of hydrogen-bond donors (Lipinski definition) is 1. The Kier molecular flexibility index (Phi) is 10.7. The summed E-state index contributed by atoms with van der Waals surface area (Å²) in [6, 6.07) is 20.3. The number of halogens is 1. The number of rotatable bonds is 12. The molecule has 2 amide bonds. The van der Waals surface area contributed by atoms with Crippen LogP contribution in [-0.4, -0.2) is 44.3 Å². The number of sulfonamides is 1. The maximum atomic E-state index is 14.0. The van der Waals surface area contributed by atoms with Crippen LogP contribution in [0.15, 0.2) is 82.2 Å². The molecule has 3 rings (SSSR count). The van der Waals surface area contributed by atoms with Crippen molar-refractivity contribution in [3.63, 3.8) is 0 Å². The molecule has 0 fully saturated rings. The number of aryl methyl sites for hydroxylation is 2. The quantitative estimate of drug-likeness (QED) is 0.288. The van der Waals surface area contributed by atoms with Crippen molar-refractivity contribution in [3.05, 3.63) is 94.0 Å². The van der Waals surface area contributed by atoms with E-state index in [2.05, 4.69) is 21.2 Å². The summed E-state index contributed by atoms with van der Waals surface area (Å²) in [5, 5.41) is 2.90. The highest BCUT2D eigenvalue weighted by Crippen LogP contribution is 2.27. The lowest BCUT2D eigenvalue weighted by Gasteiger charge is -2.33. The zero-order valence-electron chi connectivity index (χ0n) is 22.9. The van der Waals surface area contributed by atoms with Gasteiger partial charge in [-0.2, -0.15) is 0 Å². The molecule has 0 radical (unpaired) electrons. The third kappa shape index (κ3) is 7.92. The highest BCUT2D eigenvalue weighted by Gasteiger charge is 2.33. The number of nitrogens with zero attached hydrogens (tertiary/aromatic N) is 2. The van der Waals surface area contributed by atoms with Gasteiger partial charge in [-0.3, -0.25) is 13.9 Å². The summed E-state index contributed by atoms with van der Waals surface area (Å²) in [5.41, 5.74) is 3.20. The van der Waals surface area contributed by atoms with Crippen molar-refractivity contribution >= 4 is 43.5 Å². The fourth-order valence-electron chi connectivity index (χ4n) is 4.17. The molecule has 0 saturated carbocycles. The third-order valence-electron chi connectivity index (χ3n) is 6.39. The Morgan fingerprint density at radius 3 is 2.10 bits per heavy atom. The number of nitrogens with one attached hydrogen (secondary N) is 1. The Bertz CT molecular complexity index is 1380. The summed E-state index contributed by atoms with van der Waals surface area (Å²) >= 11 is 3.42. The molecular weight excluding hydrogens is 578 g/mol. The zero-order valence-corrected chi connectivity index (χ0v) is 25.3. The van der Waals surface area contributed by atoms with Crippen molar-refractivity contribution in [1.29, 1.82) is 0 Å². The van der Waals surface area contributed by atoms with Crippen LogP contribution in [0, 0.1) is 13.8 Å². The SMILES string of the molecule is CCCNC(=O)[C@H](CC)N(Cc1ccc(C)cc1)C(=O)CN(c1cccc(Br)c1)S(=O)(=O)c1ccc(C)cc1. The molecule has 39 heavy (non-hydrogen) atoms. The van der Waals surface area contributed by atoms with Gasteiger partial charge in [-0.15, -0.1) is 0 Å². The van der Waals surface area contributed by atoms with Crippen molar-refractivity contribution in [2.24, 2.45) is 0 Å². The van der Waals surface area contributed by atoms with E-state index < -0.39 is 28.5 Å². The molecule has 0 aliphatic rings. The molecule has 1 N–H and O–H groups in total. The van der Waals surface area contributed by atoms with Crippen molar-refractivity contribution in [1.82, 2.24) is 10.2 Å². The number of anilines is 1. The molecule has 0 saturated heterocycles. The fraction of sp³-hybridized carbons (Fsp3) is 0.333. The van der Waals surface area contributed by atoms with Gasteiger partial charge in [-0.25, -0.2) is 8.42 Å². The maximum absolute atomic E-state index is 14.0.